The van der Waals surface area contributed by atoms with Crippen LogP contribution in [0.25, 0.3) is 10.8 Å². The van der Waals surface area contributed by atoms with Crippen molar-refractivity contribution >= 4 is 51.4 Å². The second-order valence-corrected chi connectivity index (χ2v) is 6.53. The van der Waals surface area contributed by atoms with Gasteiger partial charge in [0.25, 0.3) is 5.56 Å². The molecule has 2 aromatic carbocycles. The van der Waals surface area contributed by atoms with Crippen LogP contribution in [0.2, 0.25) is 10.0 Å². The average Bonchev–Trinajstić information content (AvgIpc) is 2.61. The number of nitrogens with zero attached hydrogens (tertiary/aromatic N) is 1. The third-order valence-corrected chi connectivity index (χ3v) is 4.53. The first-order chi connectivity index (χ1) is 12.5. The molecular weight excluding hydrogens is 375 g/mol. The van der Waals surface area contributed by atoms with Gasteiger partial charge >= 0.3 is 6.03 Å². The average molecular weight is 391 g/mol. The number of aromatic amines is 1. The Morgan fingerprint density at radius 2 is 1.73 bits per heavy atom. The number of halogens is 2. The molecule has 0 aliphatic carbocycles. The zero-order chi connectivity index (χ0) is 18.7. The van der Waals surface area contributed by atoms with E-state index in [2.05, 4.69) is 20.8 Å². The molecule has 2 amide bonds. The standard InChI is InChI=1S/C18H16Cl2N4O2/c1-2-3-16-12-6-4-10(8-13(12)17(25)24-23-16)21-18(26)22-11-5-7-14(19)15(20)9-11/h4-9H,2-3H2,1H3,(H,24,25)(H2,21,22,26). The molecule has 1 heterocycles. The number of nitrogens with one attached hydrogen (secondary N) is 3. The third-order valence-electron chi connectivity index (χ3n) is 3.79. The highest BCUT2D eigenvalue weighted by Crippen LogP contribution is 2.25. The van der Waals surface area contributed by atoms with Gasteiger partial charge in [-0.15, -0.1) is 0 Å². The molecular formula is C18H16Cl2N4O2. The summed E-state index contributed by atoms with van der Waals surface area (Å²) in [6.45, 7) is 2.04. The van der Waals surface area contributed by atoms with Crippen LogP contribution < -0.4 is 16.2 Å². The predicted octanol–water partition coefficient (Wildman–Crippen LogP) is 4.83. The molecule has 0 aliphatic heterocycles. The number of fused-ring (bicyclic) bond motifs is 1. The van der Waals surface area contributed by atoms with E-state index in [0.717, 1.165) is 23.9 Å². The molecule has 0 spiro atoms. The van der Waals surface area contributed by atoms with Crippen molar-refractivity contribution < 1.29 is 4.79 Å². The van der Waals surface area contributed by atoms with E-state index in [9.17, 15) is 9.59 Å². The lowest BCUT2D eigenvalue weighted by Crippen LogP contribution is -2.19. The summed E-state index contributed by atoms with van der Waals surface area (Å²) in [5.74, 6) is 0. The van der Waals surface area contributed by atoms with Crippen LogP contribution in [0.15, 0.2) is 41.2 Å². The van der Waals surface area contributed by atoms with Crippen molar-refractivity contribution in [3.63, 3.8) is 0 Å². The normalized spacial score (nSPS) is 10.7. The molecule has 26 heavy (non-hydrogen) atoms. The van der Waals surface area contributed by atoms with E-state index in [1.807, 2.05) is 6.92 Å². The molecule has 0 bridgehead atoms. The van der Waals surface area contributed by atoms with E-state index in [1.54, 1.807) is 36.4 Å². The molecule has 0 unspecified atom stereocenters. The molecule has 0 fully saturated rings. The number of hydrogen-bond donors (Lipinski definition) is 3. The topological polar surface area (TPSA) is 86.9 Å². The summed E-state index contributed by atoms with van der Waals surface area (Å²) in [4.78, 5) is 24.2. The molecule has 0 radical (unpaired) electrons. The van der Waals surface area contributed by atoms with E-state index in [4.69, 9.17) is 23.2 Å². The van der Waals surface area contributed by atoms with Crippen LogP contribution in [0.5, 0.6) is 0 Å². The zero-order valence-electron chi connectivity index (χ0n) is 13.9. The minimum atomic E-state index is -0.456. The fourth-order valence-corrected chi connectivity index (χ4v) is 2.89. The number of amides is 2. The predicted molar refractivity (Wildman–Crippen MR) is 105 cm³/mol. The number of rotatable bonds is 4. The van der Waals surface area contributed by atoms with Crippen molar-refractivity contribution in [3.05, 3.63) is 62.5 Å². The van der Waals surface area contributed by atoms with Crippen molar-refractivity contribution in [2.24, 2.45) is 0 Å². The van der Waals surface area contributed by atoms with Crippen LogP contribution in [0, 0.1) is 0 Å². The number of anilines is 2. The number of aromatic nitrogens is 2. The number of carbonyl (C=O) groups excluding carboxylic acids is 1. The SMILES string of the molecule is CCCc1n[nH]c(=O)c2cc(NC(=O)Nc3ccc(Cl)c(Cl)c3)ccc12. The number of H-pyrrole nitrogens is 1. The Morgan fingerprint density at radius 3 is 2.42 bits per heavy atom. The van der Waals surface area contributed by atoms with Crippen molar-refractivity contribution in [2.45, 2.75) is 19.8 Å². The van der Waals surface area contributed by atoms with Gasteiger partial charge in [0.2, 0.25) is 0 Å². The Hall–Kier alpha value is -2.57. The Bertz CT molecular complexity index is 1030. The molecule has 3 rings (SSSR count). The monoisotopic (exact) mass is 390 g/mol. The van der Waals surface area contributed by atoms with Crippen LogP contribution in [0.4, 0.5) is 16.2 Å². The van der Waals surface area contributed by atoms with Gasteiger partial charge in [0, 0.05) is 16.8 Å². The molecule has 0 saturated carbocycles. The first-order valence-electron chi connectivity index (χ1n) is 8.02. The number of hydrogen-bond acceptors (Lipinski definition) is 3. The summed E-state index contributed by atoms with van der Waals surface area (Å²) >= 11 is 11.8. The molecule has 0 atom stereocenters. The van der Waals surface area contributed by atoms with Gasteiger partial charge in [0.15, 0.2) is 0 Å². The van der Waals surface area contributed by atoms with E-state index in [1.165, 1.54) is 0 Å². The third kappa shape index (κ3) is 3.98. The summed E-state index contributed by atoms with van der Waals surface area (Å²) < 4.78 is 0. The van der Waals surface area contributed by atoms with Crippen LogP contribution in [-0.4, -0.2) is 16.2 Å². The maximum absolute atomic E-state index is 12.2. The number of benzene rings is 2. The Morgan fingerprint density at radius 1 is 1.04 bits per heavy atom. The van der Waals surface area contributed by atoms with E-state index in [0.29, 0.717) is 26.8 Å². The molecule has 1 aromatic heterocycles. The zero-order valence-corrected chi connectivity index (χ0v) is 15.4. The van der Waals surface area contributed by atoms with E-state index in [-0.39, 0.29) is 5.56 Å². The fourth-order valence-electron chi connectivity index (χ4n) is 2.59. The molecule has 134 valence electrons. The molecule has 3 N–H and O–H groups in total. The summed E-state index contributed by atoms with van der Waals surface area (Å²) in [5.41, 5.74) is 1.53. The van der Waals surface area contributed by atoms with Gasteiger partial charge in [-0.05, 0) is 36.8 Å². The van der Waals surface area contributed by atoms with Crippen molar-refractivity contribution in [1.82, 2.24) is 10.2 Å². The van der Waals surface area contributed by atoms with Crippen LogP contribution in [-0.2, 0) is 6.42 Å². The fraction of sp³-hybridized carbons (Fsp3) is 0.167. The Balaban J connectivity index is 1.82. The maximum Gasteiger partial charge on any atom is 0.323 e. The number of urea groups is 1. The van der Waals surface area contributed by atoms with Crippen molar-refractivity contribution in [1.29, 1.82) is 0 Å². The summed E-state index contributed by atoms with van der Waals surface area (Å²) in [6.07, 6.45) is 1.68. The van der Waals surface area contributed by atoms with Crippen LogP contribution in [0.1, 0.15) is 19.0 Å². The van der Waals surface area contributed by atoms with Crippen LogP contribution in [0.3, 0.4) is 0 Å². The lowest BCUT2D eigenvalue weighted by Gasteiger charge is -2.10. The van der Waals surface area contributed by atoms with Gasteiger partial charge in [-0.2, -0.15) is 5.10 Å². The van der Waals surface area contributed by atoms with Crippen molar-refractivity contribution in [2.75, 3.05) is 10.6 Å². The van der Waals surface area contributed by atoms with Crippen molar-refractivity contribution in [3.8, 4) is 0 Å². The van der Waals surface area contributed by atoms with Gasteiger partial charge < -0.3 is 10.6 Å². The van der Waals surface area contributed by atoms with Gasteiger partial charge in [0.1, 0.15) is 0 Å². The Kier molecular flexibility index (Phi) is 5.44. The van der Waals surface area contributed by atoms with Crippen LogP contribution >= 0.6 is 23.2 Å². The second kappa shape index (κ2) is 7.76. The van der Waals surface area contributed by atoms with E-state index >= 15 is 0 Å². The van der Waals surface area contributed by atoms with Gasteiger partial charge in [-0.3, -0.25) is 4.79 Å². The van der Waals surface area contributed by atoms with E-state index < -0.39 is 6.03 Å². The smallest absolute Gasteiger partial charge is 0.308 e. The minimum Gasteiger partial charge on any atom is -0.308 e. The molecule has 6 nitrogen and oxygen atoms in total. The number of aryl methyl sites for hydroxylation is 1. The first kappa shape index (κ1) is 18.2. The van der Waals surface area contributed by atoms with Gasteiger partial charge in [0.05, 0.1) is 21.1 Å². The highest BCUT2D eigenvalue weighted by Gasteiger charge is 2.09. The molecule has 0 aliphatic rings. The van der Waals surface area contributed by atoms with Gasteiger partial charge in [-0.25, -0.2) is 9.89 Å². The summed E-state index contributed by atoms with van der Waals surface area (Å²) in [7, 11) is 0. The maximum atomic E-state index is 12.2. The highest BCUT2D eigenvalue weighted by molar-refractivity contribution is 6.42. The quantitative estimate of drug-likeness (QED) is 0.596. The second-order valence-electron chi connectivity index (χ2n) is 5.72. The minimum absolute atomic E-state index is 0.298. The Labute approximate surface area is 159 Å². The lowest BCUT2D eigenvalue weighted by molar-refractivity contribution is 0.262. The highest BCUT2D eigenvalue weighted by atomic mass is 35.5. The summed E-state index contributed by atoms with van der Waals surface area (Å²) in [6, 6.07) is 9.48. The number of carbonyl (C=O) groups is 1. The molecule has 0 saturated heterocycles. The van der Waals surface area contributed by atoms with Gasteiger partial charge in [-0.1, -0.05) is 42.6 Å². The summed E-state index contributed by atoms with van der Waals surface area (Å²) in [5, 5.41) is 14.0. The largest absolute Gasteiger partial charge is 0.323 e. The lowest BCUT2D eigenvalue weighted by atomic mass is 10.1. The molecule has 3 aromatic rings. The first-order valence-corrected chi connectivity index (χ1v) is 8.78. The molecule has 8 heteroatoms.